The van der Waals surface area contributed by atoms with Crippen LogP contribution < -0.4 is 5.73 Å². The summed E-state index contributed by atoms with van der Waals surface area (Å²) in [6.45, 7) is 2.62. The number of hydrogen-bond acceptors (Lipinski definition) is 4. The van der Waals surface area contributed by atoms with Crippen LogP contribution in [-0.2, 0) is 10.0 Å². The molecule has 0 amide bonds. The molecule has 0 saturated heterocycles. The molecule has 0 spiro atoms. The summed E-state index contributed by atoms with van der Waals surface area (Å²) < 4.78 is 40.3. The van der Waals surface area contributed by atoms with Crippen LogP contribution in [0.3, 0.4) is 0 Å². The highest BCUT2D eigenvalue weighted by atomic mass is 32.2. The zero-order valence-corrected chi connectivity index (χ0v) is 13.0. The predicted octanol–water partition coefficient (Wildman–Crippen LogP) is 1.75. The fraction of sp³-hybridized carbons (Fsp3) is 0.643. The zero-order valence-electron chi connectivity index (χ0n) is 12.2. The van der Waals surface area contributed by atoms with Crippen molar-refractivity contribution in [1.29, 1.82) is 0 Å². The van der Waals surface area contributed by atoms with E-state index in [0.717, 1.165) is 37.9 Å². The van der Waals surface area contributed by atoms with Crippen LogP contribution in [0.1, 0.15) is 32.6 Å². The summed E-state index contributed by atoms with van der Waals surface area (Å²) in [5, 5.41) is 0. The summed E-state index contributed by atoms with van der Waals surface area (Å²) >= 11 is 0. The highest BCUT2D eigenvalue weighted by molar-refractivity contribution is 7.89. The van der Waals surface area contributed by atoms with Gasteiger partial charge in [0.25, 0.3) is 0 Å². The topological polar surface area (TPSA) is 76.3 Å². The van der Waals surface area contributed by atoms with Crippen molar-refractivity contribution >= 4 is 10.0 Å². The number of nitrogens with zero attached hydrogens (tertiary/aromatic N) is 2. The highest BCUT2D eigenvalue weighted by Gasteiger charge is 2.36. The molecule has 0 radical (unpaired) electrons. The largest absolute Gasteiger partial charge is 0.330 e. The Hall–Kier alpha value is -1.05. The van der Waals surface area contributed by atoms with E-state index in [2.05, 4.69) is 4.98 Å². The van der Waals surface area contributed by atoms with Crippen molar-refractivity contribution in [3.8, 4) is 0 Å². The molecule has 21 heavy (non-hydrogen) atoms. The standard InChI is InChI=1S/C14H22FN3O2S/c1-2-18(14-6-4-3-5-11(14)8-16)21(19,20)13-7-12(15)9-17-10-13/h7,9-11,14H,2-6,8,16H2,1H3. The summed E-state index contributed by atoms with van der Waals surface area (Å²) in [5.41, 5.74) is 5.80. The van der Waals surface area contributed by atoms with E-state index in [1.165, 1.54) is 10.5 Å². The fourth-order valence-corrected chi connectivity index (χ4v) is 4.79. The van der Waals surface area contributed by atoms with Crippen molar-refractivity contribution in [2.45, 2.75) is 43.5 Å². The number of halogens is 1. The van der Waals surface area contributed by atoms with Crippen molar-refractivity contribution < 1.29 is 12.8 Å². The van der Waals surface area contributed by atoms with Crippen LogP contribution in [0, 0.1) is 11.7 Å². The first-order chi connectivity index (χ1) is 10.0. The second-order valence-electron chi connectivity index (χ2n) is 5.39. The van der Waals surface area contributed by atoms with Gasteiger partial charge in [0.05, 0.1) is 6.20 Å². The molecule has 118 valence electrons. The normalized spacial score (nSPS) is 23.4. The lowest BCUT2D eigenvalue weighted by molar-refractivity contribution is 0.187. The number of sulfonamides is 1. The van der Waals surface area contributed by atoms with Crippen molar-refractivity contribution in [2.75, 3.05) is 13.1 Å². The SMILES string of the molecule is CCN(C1CCCCC1CN)S(=O)(=O)c1cncc(F)c1. The molecular formula is C14H22FN3O2S. The van der Waals surface area contributed by atoms with E-state index in [0.29, 0.717) is 13.1 Å². The number of hydrogen-bond donors (Lipinski definition) is 1. The molecule has 2 atom stereocenters. The third-order valence-corrected chi connectivity index (χ3v) is 6.11. The van der Waals surface area contributed by atoms with Crippen LogP contribution in [0.5, 0.6) is 0 Å². The van der Waals surface area contributed by atoms with Crippen molar-refractivity contribution in [2.24, 2.45) is 11.7 Å². The smallest absolute Gasteiger partial charge is 0.244 e. The zero-order chi connectivity index (χ0) is 15.5. The molecule has 1 fully saturated rings. The Kier molecular flexibility index (Phi) is 5.29. The van der Waals surface area contributed by atoms with Gasteiger partial charge >= 0.3 is 0 Å². The molecule has 1 aliphatic carbocycles. The van der Waals surface area contributed by atoms with Gasteiger partial charge in [-0.15, -0.1) is 0 Å². The van der Waals surface area contributed by atoms with E-state index in [9.17, 15) is 12.8 Å². The number of aromatic nitrogens is 1. The summed E-state index contributed by atoms with van der Waals surface area (Å²) in [6, 6.07) is 0.910. The molecule has 0 aromatic carbocycles. The predicted molar refractivity (Wildman–Crippen MR) is 78.6 cm³/mol. The lowest BCUT2D eigenvalue weighted by atomic mass is 9.84. The Morgan fingerprint density at radius 1 is 1.38 bits per heavy atom. The number of rotatable bonds is 5. The minimum absolute atomic E-state index is 0.0919. The molecular weight excluding hydrogens is 293 g/mol. The molecule has 2 rings (SSSR count). The molecule has 1 aromatic heterocycles. The molecule has 0 bridgehead atoms. The van der Waals surface area contributed by atoms with Gasteiger partial charge in [0.15, 0.2) is 0 Å². The van der Waals surface area contributed by atoms with Gasteiger partial charge in [0, 0.05) is 18.8 Å². The van der Waals surface area contributed by atoms with Crippen molar-refractivity contribution in [3.05, 3.63) is 24.3 Å². The van der Waals surface area contributed by atoms with Crippen LogP contribution >= 0.6 is 0 Å². The van der Waals surface area contributed by atoms with Crippen LogP contribution in [0.15, 0.2) is 23.4 Å². The van der Waals surface area contributed by atoms with E-state index in [1.807, 2.05) is 0 Å². The van der Waals surface area contributed by atoms with E-state index in [-0.39, 0.29) is 16.9 Å². The monoisotopic (exact) mass is 315 g/mol. The number of nitrogens with two attached hydrogens (primary N) is 1. The summed E-state index contributed by atoms with van der Waals surface area (Å²) in [6.07, 6.45) is 6.01. The molecule has 1 aromatic rings. The minimum Gasteiger partial charge on any atom is -0.330 e. The van der Waals surface area contributed by atoms with E-state index in [1.54, 1.807) is 6.92 Å². The third kappa shape index (κ3) is 3.41. The lowest BCUT2D eigenvalue weighted by Gasteiger charge is -2.38. The quantitative estimate of drug-likeness (QED) is 0.898. The van der Waals surface area contributed by atoms with Gasteiger partial charge in [0.2, 0.25) is 10.0 Å². The summed E-state index contributed by atoms with van der Waals surface area (Å²) in [7, 11) is -3.74. The van der Waals surface area contributed by atoms with Gasteiger partial charge < -0.3 is 5.73 Å². The van der Waals surface area contributed by atoms with E-state index >= 15 is 0 Å². The Morgan fingerprint density at radius 2 is 2.10 bits per heavy atom. The van der Waals surface area contributed by atoms with Gasteiger partial charge in [-0.2, -0.15) is 4.31 Å². The van der Waals surface area contributed by atoms with Crippen LogP contribution in [0.2, 0.25) is 0 Å². The van der Waals surface area contributed by atoms with Gasteiger partial charge in [0.1, 0.15) is 10.7 Å². The molecule has 2 N–H and O–H groups in total. The Balaban J connectivity index is 2.35. The second-order valence-corrected chi connectivity index (χ2v) is 7.29. The highest BCUT2D eigenvalue weighted by Crippen LogP contribution is 2.31. The Bertz CT molecular complexity index is 579. The first kappa shape index (κ1) is 16.3. The first-order valence-corrected chi connectivity index (χ1v) is 8.77. The van der Waals surface area contributed by atoms with Crippen molar-refractivity contribution in [1.82, 2.24) is 9.29 Å². The Morgan fingerprint density at radius 3 is 2.71 bits per heavy atom. The number of pyridine rings is 1. The molecule has 7 heteroatoms. The molecule has 2 unspecified atom stereocenters. The average molecular weight is 315 g/mol. The van der Waals surface area contributed by atoms with Crippen LogP contribution in [-0.4, -0.2) is 36.8 Å². The van der Waals surface area contributed by atoms with Gasteiger partial charge in [-0.3, -0.25) is 4.98 Å². The first-order valence-electron chi connectivity index (χ1n) is 7.33. The molecule has 1 saturated carbocycles. The summed E-state index contributed by atoms with van der Waals surface area (Å²) in [4.78, 5) is 3.55. The van der Waals surface area contributed by atoms with Crippen LogP contribution in [0.4, 0.5) is 4.39 Å². The maximum atomic E-state index is 13.3. The summed E-state index contributed by atoms with van der Waals surface area (Å²) in [5.74, 6) is -0.485. The van der Waals surface area contributed by atoms with E-state index in [4.69, 9.17) is 5.73 Å². The van der Waals surface area contributed by atoms with Gasteiger partial charge in [-0.05, 0) is 31.4 Å². The minimum atomic E-state index is -3.74. The van der Waals surface area contributed by atoms with Gasteiger partial charge in [-0.1, -0.05) is 19.8 Å². The molecule has 5 nitrogen and oxygen atoms in total. The fourth-order valence-electron chi connectivity index (χ4n) is 3.09. The van der Waals surface area contributed by atoms with E-state index < -0.39 is 15.8 Å². The Labute approximate surface area is 125 Å². The second kappa shape index (κ2) is 6.81. The molecule has 0 aliphatic heterocycles. The maximum Gasteiger partial charge on any atom is 0.244 e. The molecule has 1 aliphatic rings. The average Bonchev–Trinajstić information content (AvgIpc) is 2.48. The third-order valence-electron chi connectivity index (χ3n) is 4.14. The van der Waals surface area contributed by atoms with Gasteiger partial charge in [-0.25, -0.2) is 12.8 Å². The maximum absolute atomic E-state index is 13.3. The lowest BCUT2D eigenvalue weighted by Crippen LogP contribution is -2.47. The van der Waals surface area contributed by atoms with Crippen molar-refractivity contribution in [3.63, 3.8) is 0 Å². The molecule has 1 heterocycles. The van der Waals surface area contributed by atoms with Crippen LogP contribution in [0.25, 0.3) is 0 Å².